The number of benzene rings is 1. The van der Waals surface area contributed by atoms with Crippen LogP contribution in [0.2, 0.25) is 0 Å². The Morgan fingerprint density at radius 2 is 1.96 bits per heavy atom. The Morgan fingerprint density at radius 1 is 1.26 bits per heavy atom. The standard InChI is InChI=1S/C17H20F2N4O3S/c1-3-4-23(27(2,25)26)9-11-5-15(19)13(6-14(11)18)17(7-12(24)8-17)16-20-10-21-22-16/h5-6,10H,3-4,7-9H2,1-2H3,(H,20,21,22). The molecule has 1 aliphatic rings. The van der Waals surface area contributed by atoms with Crippen molar-refractivity contribution in [2.75, 3.05) is 12.8 Å². The number of sulfonamides is 1. The van der Waals surface area contributed by atoms with Gasteiger partial charge >= 0.3 is 0 Å². The van der Waals surface area contributed by atoms with E-state index in [1.54, 1.807) is 6.92 Å². The normalized spacial score (nSPS) is 16.6. The molecule has 1 fully saturated rings. The summed E-state index contributed by atoms with van der Waals surface area (Å²) in [7, 11) is -3.55. The van der Waals surface area contributed by atoms with Gasteiger partial charge in [-0.3, -0.25) is 9.89 Å². The largest absolute Gasteiger partial charge is 0.300 e. The van der Waals surface area contributed by atoms with Crippen LogP contribution in [0, 0.1) is 11.6 Å². The third kappa shape index (κ3) is 3.63. The number of aromatic amines is 1. The predicted molar refractivity (Wildman–Crippen MR) is 93.3 cm³/mol. The van der Waals surface area contributed by atoms with E-state index in [9.17, 15) is 22.0 Å². The van der Waals surface area contributed by atoms with E-state index in [0.29, 0.717) is 12.2 Å². The van der Waals surface area contributed by atoms with Crippen LogP contribution in [0.1, 0.15) is 43.1 Å². The molecule has 0 amide bonds. The van der Waals surface area contributed by atoms with E-state index in [-0.39, 0.29) is 42.8 Å². The Kier molecular flexibility index (Phi) is 5.13. The van der Waals surface area contributed by atoms with Gasteiger partial charge in [-0.05, 0) is 18.6 Å². The van der Waals surface area contributed by atoms with Gasteiger partial charge in [0.1, 0.15) is 29.6 Å². The van der Waals surface area contributed by atoms with Gasteiger partial charge in [0, 0.05) is 37.1 Å². The highest BCUT2D eigenvalue weighted by Crippen LogP contribution is 2.46. The Hall–Kier alpha value is -2.20. The number of hydrogen-bond acceptors (Lipinski definition) is 5. The molecule has 0 radical (unpaired) electrons. The molecule has 0 spiro atoms. The molecule has 7 nitrogen and oxygen atoms in total. The first-order valence-electron chi connectivity index (χ1n) is 8.48. The minimum atomic E-state index is -3.55. The number of hydrogen-bond donors (Lipinski definition) is 1. The van der Waals surface area contributed by atoms with Gasteiger partial charge in [0.05, 0.1) is 11.7 Å². The number of H-pyrrole nitrogens is 1. The van der Waals surface area contributed by atoms with Crippen molar-refractivity contribution in [2.24, 2.45) is 0 Å². The highest BCUT2D eigenvalue weighted by molar-refractivity contribution is 7.88. The van der Waals surface area contributed by atoms with E-state index in [2.05, 4.69) is 15.2 Å². The molecule has 0 aliphatic heterocycles. The van der Waals surface area contributed by atoms with Crippen molar-refractivity contribution in [3.05, 3.63) is 47.0 Å². The van der Waals surface area contributed by atoms with Crippen molar-refractivity contribution in [3.8, 4) is 0 Å². The van der Waals surface area contributed by atoms with E-state index in [1.807, 2.05) is 0 Å². The number of nitrogens with zero attached hydrogens (tertiary/aromatic N) is 3. The summed E-state index contributed by atoms with van der Waals surface area (Å²) in [5.74, 6) is -1.21. The maximum absolute atomic E-state index is 14.9. The fraction of sp³-hybridized carbons (Fsp3) is 0.471. The second-order valence-electron chi connectivity index (χ2n) is 6.83. The van der Waals surface area contributed by atoms with Crippen molar-refractivity contribution in [1.29, 1.82) is 0 Å². The smallest absolute Gasteiger partial charge is 0.211 e. The van der Waals surface area contributed by atoms with Crippen LogP contribution in [-0.2, 0) is 26.8 Å². The zero-order chi connectivity index (χ0) is 19.8. The average Bonchev–Trinajstić information content (AvgIpc) is 3.08. The first-order chi connectivity index (χ1) is 12.7. The third-order valence-electron chi connectivity index (χ3n) is 4.81. The quantitative estimate of drug-likeness (QED) is 0.769. The summed E-state index contributed by atoms with van der Waals surface area (Å²) in [4.78, 5) is 15.6. The zero-order valence-electron chi connectivity index (χ0n) is 15.0. The van der Waals surface area contributed by atoms with Crippen molar-refractivity contribution in [1.82, 2.24) is 19.5 Å². The molecule has 2 aromatic rings. The molecule has 0 saturated heterocycles. The summed E-state index contributed by atoms with van der Waals surface area (Å²) in [5, 5.41) is 6.38. The predicted octanol–water partition coefficient (Wildman–Crippen LogP) is 1.90. The lowest BCUT2D eigenvalue weighted by Crippen LogP contribution is -2.44. The van der Waals surface area contributed by atoms with E-state index < -0.39 is 27.1 Å². The van der Waals surface area contributed by atoms with Crippen LogP contribution < -0.4 is 0 Å². The molecule has 10 heteroatoms. The summed E-state index contributed by atoms with van der Waals surface area (Å²) in [6.45, 7) is 1.75. The molecule has 146 valence electrons. The Morgan fingerprint density at radius 3 is 2.48 bits per heavy atom. The molecule has 0 unspecified atom stereocenters. The van der Waals surface area contributed by atoms with Crippen LogP contribution in [0.5, 0.6) is 0 Å². The number of Topliss-reactive ketones (excluding diaryl/α,β-unsaturated/α-hetero) is 1. The lowest BCUT2D eigenvalue weighted by Gasteiger charge is -2.39. The second kappa shape index (κ2) is 7.08. The molecule has 1 aromatic carbocycles. The highest BCUT2D eigenvalue weighted by Gasteiger charge is 2.50. The van der Waals surface area contributed by atoms with E-state index in [1.165, 1.54) is 6.33 Å². The van der Waals surface area contributed by atoms with Gasteiger partial charge in [0.2, 0.25) is 10.0 Å². The highest BCUT2D eigenvalue weighted by atomic mass is 32.2. The molecule has 0 atom stereocenters. The van der Waals surface area contributed by atoms with Crippen LogP contribution >= 0.6 is 0 Å². The first kappa shape index (κ1) is 19.6. The van der Waals surface area contributed by atoms with Gasteiger partial charge in [-0.15, -0.1) is 0 Å². The van der Waals surface area contributed by atoms with Crippen LogP contribution in [-0.4, -0.2) is 46.5 Å². The molecule has 1 heterocycles. The van der Waals surface area contributed by atoms with Gasteiger partial charge in [0.15, 0.2) is 0 Å². The molecular formula is C17H20F2N4O3S. The molecule has 1 saturated carbocycles. The summed E-state index contributed by atoms with van der Waals surface area (Å²) in [6, 6.07) is 2.03. The maximum atomic E-state index is 14.9. The molecule has 0 bridgehead atoms. The summed E-state index contributed by atoms with van der Waals surface area (Å²) >= 11 is 0. The maximum Gasteiger partial charge on any atom is 0.211 e. The lowest BCUT2D eigenvalue weighted by molar-refractivity contribution is -0.127. The summed E-state index contributed by atoms with van der Waals surface area (Å²) in [6.07, 6.45) is 2.83. The van der Waals surface area contributed by atoms with Crippen LogP contribution in [0.15, 0.2) is 18.5 Å². The Labute approximate surface area is 155 Å². The summed E-state index contributed by atoms with van der Waals surface area (Å²) in [5.41, 5.74) is -1.12. The third-order valence-corrected chi connectivity index (χ3v) is 6.06. The molecular weight excluding hydrogens is 378 g/mol. The van der Waals surface area contributed by atoms with Crippen molar-refractivity contribution in [2.45, 2.75) is 38.1 Å². The van der Waals surface area contributed by atoms with Gasteiger partial charge < -0.3 is 0 Å². The second-order valence-corrected chi connectivity index (χ2v) is 8.81. The summed E-state index contributed by atoms with van der Waals surface area (Å²) < 4.78 is 54.4. The number of carbonyl (C=O) groups excluding carboxylic acids is 1. The van der Waals surface area contributed by atoms with Crippen molar-refractivity contribution >= 4 is 15.8 Å². The Bertz CT molecular complexity index is 953. The van der Waals surface area contributed by atoms with E-state index >= 15 is 0 Å². The van der Waals surface area contributed by atoms with Gasteiger partial charge in [0.25, 0.3) is 0 Å². The molecule has 1 aliphatic carbocycles. The molecule has 3 rings (SSSR count). The Balaban J connectivity index is 1.99. The first-order valence-corrected chi connectivity index (χ1v) is 10.3. The number of carbonyl (C=O) groups is 1. The number of nitrogens with one attached hydrogen (secondary N) is 1. The lowest BCUT2D eigenvalue weighted by atomic mass is 9.63. The van der Waals surface area contributed by atoms with Crippen LogP contribution in [0.25, 0.3) is 0 Å². The molecule has 1 N–H and O–H groups in total. The van der Waals surface area contributed by atoms with Gasteiger partial charge in [-0.2, -0.15) is 9.40 Å². The number of halogens is 2. The van der Waals surface area contributed by atoms with E-state index in [0.717, 1.165) is 22.7 Å². The number of rotatable bonds is 7. The SMILES string of the molecule is CCCN(Cc1cc(F)c(C2(c3ncn[nH]3)CC(=O)C2)cc1F)S(C)(=O)=O. The van der Waals surface area contributed by atoms with E-state index in [4.69, 9.17) is 0 Å². The minimum Gasteiger partial charge on any atom is -0.300 e. The average molecular weight is 398 g/mol. The monoisotopic (exact) mass is 398 g/mol. The van der Waals surface area contributed by atoms with Crippen LogP contribution in [0.3, 0.4) is 0 Å². The number of aromatic nitrogens is 3. The fourth-order valence-corrected chi connectivity index (χ4v) is 4.31. The van der Waals surface area contributed by atoms with Crippen LogP contribution in [0.4, 0.5) is 8.78 Å². The van der Waals surface area contributed by atoms with Crippen molar-refractivity contribution in [3.63, 3.8) is 0 Å². The fourth-order valence-electron chi connectivity index (χ4n) is 3.42. The number of ketones is 1. The molecule has 27 heavy (non-hydrogen) atoms. The van der Waals surface area contributed by atoms with Gasteiger partial charge in [-0.25, -0.2) is 22.2 Å². The minimum absolute atomic E-state index is 0.00317. The molecule has 1 aromatic heterocycles. The topological polar surface area (TPSA) is 96.0 Å². The van der Waals surface area contributed by atoms with Gasteiger partial charge in [-0.1, -0.05) is 6.92 Å². The zero-order valence-corrected chi connectivity index (χ0v) is 15.8. The van der Waals surface area contributed by atoms with Crippen molar-refractivity contribution < 1.29 is 22.0 Å².